The number of nitrogens with one attached hydrogen (secondary N) is 1. The molecule has 0 saturated heterocycles. The molecule has 0 fully saturated rings. The fourth-order valence-corrected chi connectivity index (χ4v) is 0.846. The van der Waals surface area contributed by atoms with Gasteiger partial charge in [0.1, 0.15) is 5.75 Å². The van der Waals surface area contributed by atoms with Crippen molar-refractivity contribution in [3.05, 3.63) is 30.3 Å². The Morgan fingerprint density at radius 1 is 1.40 bits per heavy atom. The number of nitrogens with two attached hydrogens (primary N) is 2. The second-order valence-corrected chi connectivity index (χ2v) is 2.52. The normalized spacial score (nSPS) is 12.3. The summed E-state index contributed by atoms with van der Waals surface area (Å²) in [6.45, 7) is 0. The first-order valence-electron chi connectivity index (χ1n) is 4.11. The zero-order chi connectivity index (χ0) is 11.1. The van der Waals surface area contributed by atoms with Gasteiger partial charge < -0.3 is 10.6 Å². The quantitative estimate of drug-likeness (QED) is 0.288. The Morgan fingerprint density at radius 3 is 2.67 bits per heavy atom. The molecule has 0 aliphatic carbocycles. The Morgan fingerprint density at radius 2 is 2.07 bits per heavy atom. The van der Waals surface area contributed by atoms with Crippen molar-refractivity contribution in [3.8, 4) is 5.75 Å². The van der Waals surface area contributed by atoms with Gasteiger partial charge in [0.25, 0.3) is 0 Å². The molecule has 5 N–H and O–H groups in total. The van der Waals surface area contributed by atoms with Crippen LogP contribution in [0.2, 0.25) is 0 Å². The summed E-state index contributed by atoms with van der Waals surface area (Å²) in [4.78, 5) is 11.1. The Balaban J connectivity index is 2.43. The summed E-state index contributed by atoms with van der Waals surface area (Å²) in [7, 11) is 0. The average Bonchev–Trinajstić information content (AvgIpc) is 2.19. The zero-order valence-electron chi connectivity index (χ0n) is 7.83. The highest BCUT2D eigenvalue weighted by Crippen LogP contribution is 2.07. The third-order valence-corrected chi connectivity index (χ3v) is 1.41. The molecular weight excluding hydrogens is 198 g/mol. The topological polar surface area (TPSA) is 115 Å². The molecule has 7 heteroatoms. The smallest absolute Gasteiger partial charge is 0.410 e. The number of ether oxygens (including phenoxy) is 1. The van der Waals surface area contributed by atoms with Crippen LogP contribution in [0.4, 0.5) is 4.79 Å². The SMILES string of the molecule is NN=NC(N)NC(=O)Oc1ccccc1. The number of benzene rings is 1. The maximum atomic E-state index is 11.1. The third-order valence-electron chi connectivity index (χ3n) is 1.41. The zero-order valence-corrected chi connectivity index (χ0v) is 7.83. The van der Waals surface area contributed by atoms with E-state index in [0.29, 0.717) is 5.75 Å². The first kappa shape index (κ1) is 10.9. The van der Waals surface area contributed by atoms with E-state index in [4.69, 9.17) is 16.3 Å². The first-order valence-corrected chi connectivity index (χ1v) is 4.11. The van der Waals surface area contributed by atoms with E-state index in [1.165, 1.54) is 0 Å². The van der Waals surface area contributed by atoms with Gasteiger partial charge in [-0.3, -0.25) is 11.1 Å². The van der Waals surface area contributed by atoms with Crippen LogP contribution in [0, 0.1) is 0 Å². The van der Waals surface area contributed by atoms with Gasteiger partial charge in [-0.2, -0.15) is 0 Å². The highest BCUT2D eigenvalue weighted by Gasteiger charge is 2.07. The van der Waals surface area contributed by atoms with Crippen molar-refractivity contribution in [2.75, 3.05) is 0 Å². The van der Waals surface area contributed by atoms with E-state index in [9.17, 15) is 4.79 Å². The van der Waals surface area contributed by atoms with E-state index in [-0.39, 0.29) is 0 Å². The number of carbonyl (C=O) groups excluding carboxylic acids is 1. The minimum atomic E-state index is -1.01. The molecule has 0 radical (unpaired) electrons. The Bertz CT molecular complexity index is 340. The lowest BCUT2D eigenvalue weighted by Gasteiger charge is -2.08. The van der Waals surface area contributed by atoms with Crippen LogP contribution in [-0.4, -0.2) is 12.4 Å². The predicted molar refractivity (Wildman–Crippen MR) is 52.6 cm³/mol. The molecule has 1 amide bonds. The van der Waals surface area contributed by atoms with Crippen molar-refractivity contribution < 1.29 is 9.53 Å². The Kier molecular flexibility index (Phi) is 4.05. The van der Waals surface area contributed by atoms with E-state index in [2.05, 4.69) is 15.7 Å². The molecule has 15 heavy (non-hydrogen) atoms. The van der Waals surface area contributed by atoms with Gasteiger partial charge >= 0.3 is 6.09 Å². The molecule has 1 unspecified atom stereocenters. The van der Waals surface area contributed by atoms with Crippen molar-refractivity contribution in [1.82, 2.24) is 5.32 Å². The molecule has 80 valence electrons. The van der Waals surface area contributed by atoms with Crippen LogP contribution in [-0.2, 0) is 0 Å². The number of hydrogen-bond acceptors (Lipinski definition) is 5. The number of hydrogen-bond donors (Lipinski definition) is 3. The van der Waals surface area contributed by atoms with Crippen LogP contribution in [0.15, 0.2) is 40.7 Å². The van der Waals surface area contributed by atoms with Crippen LogP contribution in [0.1, 0.15) is 0 Å². The fraction of sp³-hybridized carbons (Fsp3) is 0.125. The molecule has 0 aliphatic rings. The molecular formula is C8H11N5O2. The molecule has 0 spiro atoms. The third kappa shape index (κ3) is 4.05. The van der Waals surface area contributed by atoms with Crippen molar-refractivity contribution in [1.29, 1.82) is 0 Å². The van der Waals surface area contributed by atoms with E-state index >= 15 is 0 Å². The van der Waals surface area contributed by atoms with Crippen LogP contribution in [0.5, 0.6) is 5.75 Å². The fourth-order valence-electron chi connectivity index (χ4n) is 0.846. The summed E-state index contributed by atoms with van der Waals surface area (Å²) in [5.74, 6) is 5.15. The van der Waals surface area contributed by atoms with Gasteiger partial charge in [0.05, 0.1) is 0 Å². The van der Waals surface area contributed by atoms with Crippen LogP contribution < -0.4 is 21.6 Å². The highest BCUT2D eigenvalue weighted by molar-refractivity contribution is 5.70. The largest absolute Gasteiger partial charge is 0.415 e. The molecule has 1 aromatic rings. The van der Waals surface area contributed by atoms with Gasteiger partial charge in [-0.05, 0) is 12.1 Å². The van der Waals surface area contributed by atoms with Crippen molar-refractivity contribution >= 4 is 6.09 Å². The summed E-state index contributed by atoms with van der Waals surface area (Å²) < 4.78 is 4.86. The predicted octanol–water partition coefficient (Wildman–Crippen LogP) is 0.343. The van der Waals surface area contributed by atoms with Crippen molar-refractivity contribution in [3.63, 3.8) is 0 Å². The van der Waals surface area contributed by atoms with E-state index in [0.717, 1.165) is 0 Å². The molecule has 1 rings (SSSR count). The van der Waals surface area contributed by atoms with E-state index in [1.54, 1.807) is 30.3 Å². The molecule has 1 atom stereocenters. The molecule has 1 aromatic carbocycles. The summed E-state index contributed by atoms with van der Waals surface area (Å²) in [6, 6.07) is 8.55. The second kappa shape index (κ2) is 5.55. The molecule has 0 aromatic heterocycles. The summed E-state index contributed by atoms with van der Waals surface area (Å²) in [5.41, 5.74) is 5.29. The lowest BCUT2D eigenvalue weighted by atomic mass is 10.3. The maximum Gasteiger partial charge on any atom is 0.415 e. The van der Waals surface area contributed by atoms with E-state index in [1.807, 2.05) is 0 Å². The summed E-state index contributed by atoms with van der Waals surface area (Å²) >= 11 is 0. The molecule has 0 heterocycles. The highest BCUT2D eigenvalue weighted by atomic mass is 16.6. The molecule has 7 nitrogen and oxygen atoms in total. The van der Waals surface area contributed by atoms with Gasteiger partial charge in [0, 0.05) is 0 Å². The van der Waals surface area contributed by atoms with Crippen LogP contribution in [0.3, 0.4) is 0 Å². The van der Waals surface area contributed by atoms with Crippen LogP contribution >= 0.6 is 0 Å². The number of rotatable bonds is 3. The lowest BCUT2D eigenvalue weighted by molar-refractivity contribution is 0.196. The standard InChI is InChI=1S/C8H11N5O2/c9-7(12-13-10)11-8(14)15-6-4-2-1-3-5-6/h1-5,7H,9H2,(H2,10,12)(H,11,14). The van der Waals surface area contributed by atoms with Gasteiger partial charge in [-0.25, -0.2) is 4.79 Å². The Hall–Kier alpha value is -2.15. The van der Waals surface area contributed by atoms with Crippen molar-refractivity contribution in [2.45, 2.75) is 6.29 Å². The minimum absolute atomic E-state index is 0.409. The van der Waals surface area contributed by atoms with E-state index < -0.39 is 12.4 Å². The second-order valence-electron chi connectivity index (χ2n) is 2.52. The summed E-state index contributed by atoms with van der Waals surface area (Å²) in [5, 5.41) is 8.41. The monoisotopic (exact) mass is 209 g/mol. The summed E-state index contributed by atoms with van der Waals surface area (Å²) in [6.07, 6.45) is -1.73. The Labute approximate surface area is 86.1 Å². The molecule has 0 saturated carbocycles. The number of carbonyl (C=O) groups is 1. The van der Waals surface area contributed by atoms with Gasteiger partial charge in [-0.1, -0.05) is 23.4 Å². The van der Waals surface area contributed by atoms with Gasteiger partial charge in [0.15, 0.2) is 6.29 Å². The first-order chi connectivity index (χ1) is 7.22. The molecule has 0 bridgehead atoms. The lowest BCUT2D eigenvalue weighted by Crippen LogP contribution is -2.41. The molecule has 0 aliphatic heterocycles. The van der Waals surface area contributed by atoms with Crippen LogP contribution in [0.25, 0.3) is 0 Å². The van der Waals surface area contributed by atoms with Gasteiger partial charge in [-0.15, -0.1) is 5.11 Å². The minimum Gasteiger partial charge on any atom is -0.410 e. The van der Waals surface area contributed by atoms with Crippen molar-refractivity contribution in [2.24, 2.45) is 21.9 Å². The number of para-hydroxylation sites is 1. The van der Waals surface area contributed by atoms with Gasteiger partial charge in [0.2, 0.25) is 0 Å². The number of amides is 1. The average molecular weight is 209 g/mol. The maximum absolute atomic E-state index is 11.1. The number of nitrogens with zero attached hydrogens (tertiary/aromatic N) is 2.